The van der Waals surface area contributed by atoms with Gasteiger partial charge in [-0.05, 0) is 6.92 Å². The van der Waals surface area contributed by atoms with Gasteiger partial charge in [-0.15, -0.1) is 0 Å². The van der Waals surface area contributed by atoms with Crippen molar-refractivity contribution in [2.75, 3.05) is 0 Å². The molecule has 54 valence electrons. The fourth-order valence-corrected chi connectivity index (χ4v) is 0.592. The normalized spacial score (nSPS) is 14.1. The van der Waals surface area contributed by atoms with Crippen LogP contribution in [0.4, 0.5) is 0 Å². The molecule has 0 aromatic carbocycles. The van der Waals surface area contributed by atoms with Crippen LogP contribution in [0, 0.1) is 0 Å². The molecule has 1 N–H and O–H groups in total. The molecule has 0 radical (unpaired) electrons. The number of oxime groups is 1. The number of hydrogen-bond acceptors (Lipinski definition) is 4. The molecule has 0 aliphatic carbocycles. The minimum Gasteiger partial charge on any atom is -0.411 e. The molecule has 1 aromatic rings. The first-order valence-electron chi connectivity index (χ1n) is 2.86. The first-order valence-corrected chi connectivity index (χ1v) is 2.86. The van der Waals surface area contributed by atoms with Gasteiger partial charge in [0, 0.05) is 0 Å². The van der Waals surface area contributed by atoms with Crippen LogP contribution >= 0.6 is 0 Å². The Morgan fingerprint density at radius 2 is 2.60 bits per heavy atom. The highest BCUT2D eigenvalue weighted by molar-refractivity contribution is 5.60. The molecule has 5 nitrogen and oxygen atoms in total. The van der Waals surface area contributed by atoms with E-state index in [2.05, 4.69) is 15.2 Å². The van der Waals surface area contributed by atoms with E-state index in [4.69, 9.17) is 5.21 Å². The molecule has 0 spiro atoms. The molecule has 0 fully saturated rings. The van der Waals surface area contributed by atoms with E-state index in [9.17, 15) is 0 Å². The standard InChI is InChI=1S/C5H8N4O/c1-5(2-8-10)9-4-6-3-7-9/h2-5,10H,1H3/b8-2+. The summed E-state index contributed by atoms with van der Waals surface area (Å²) >= 11 is 0. The van der Waals surface area contributed by atoms with Crippen molar-refractivity contribution in [3.8, 4) is 0 Å². The molecule has 0 saturated carbocycles. The molecule has 0 amide bonds. The lowest BCUT2D eigenvalue weighted by molar-refractivity contribution is 0.318. The van der Waals surface area contributed by atoms with Crippen molar-refractivity contribution in [1.82, 2.24) is 14.8 Å². The Kier molecular flexibility index (Phi) is 1.99. The third-order valence-corrected chi connectivity index (χ3v) is 1.14. The van der Waals surface area contributed by atoms with Gasteiger partial charge in [-0.25, -0.2) is 9.67 Å². The summed E-state index contributed by atoms with van der Waals surface area (Å²) in [6, 6.07) is -0.0486. The van der Waals surface area contributed by atoms with Gasteiger partial charge in [-0.2, -0.15) is 5.10 Å². The fourth-order valence-electron chi connectivity index (χ4n) is 0.592. The van der Waals surface area contributed by atoms with E-state index in [-0.39, 0.29) is 6.04 Å². The maximum absolute atomic E-state index is 8.14. The summed E-state index contributed by atoms with van der Waals surface area (Å²) in [7, 11) is 0. The summed E-state index contributed by atoms with van der Waals surface area (Å²) in [6.45, 7) is 1.84. The van der Waals surface area contributed by atoms with E-state index in [0.29, 0.717) is 0 Å². The van der Waals surface area contributed by atoms with E-state index >= 15 is 0 Å². The number of rotatable bonds is 2. The van der Waals surface area contributed by atoms with Crippen LogP contribution in [0.25, 0.3) is 0 Å². The maximum Gasteiger partial charge on any atom is 0.137 e. The topological polar surface area (TPSA) is 63.3 Å². The molecule has 0 saturated heterocycles. The predicted molar refractivity (Wildman–Crippen MR) is 35.0 cm³/mol. The third-order valence-electron chi connectivity index (χ3n) is 1.14. The van der Waals surface area contributed by atoms with Crippen LogP contribution in [-0.4, -0.2) is 26.2 Å². The fraction of sp³-hybridized carbons (Fsp3) is 0.400. The monoisotopic (exact) mass is 140 g/mol. The number of nitrogens with zero attached hydrogens (tertiary/aromatic N) is 4. The Morgan fingerprint density at radius 1 is 1.80 bits per heavy atom. The van der Waals surface area contributed by atoms with Gasteiger partial charge < -0.3 is 5.21 Å². The molecule has 1 rings (SSSR count). The van der Waals surface area contributed by atoms with Crippen LogP contribution in [0.3, 0.4) is 0 Å². The molecule has 0 aliphatic rings. The minimum atomic E-state index is -0.0486. The van der Waals surface area contributed by atoms with Crippen LogP contribution in [-0.2, 0) is 0 Å². The highest BCUT2D eigenvalue weighted by atomic mass is 16.4. The smallest absolute Gasteiger partial charge is 0.137 e. The van der Waals surface area contributed by atoms with Gasteiger partial charge in [0.2, 0.25) is 0 Å². The van der Waals surface area contributed by atoms with Crippen molar-refractivity contribution >= 4 is 6.21 Å². The zero-order valence-electron chi connectivity index (χ0n) is 5.55. The molecular weight excluding hydrogens is 132 g/mol. The van der Waals surface area contributed by atoms with Crippen molar-refractivity contribution in [3.05, 3.63) is 12.7 Å². The van der Waals surface area contributed by atoms with Crippen LogP contribution < -0.4 is 0 Å². The van der Waals surface area contributed by atoms with Crippen molar-refractivity contribution in [2.45, 2.75) is 13.0 Å². The summed E-state index contributed by atoms with van der Waals surface area (Å²) < 4.78 is 1.58. The van der Waals surface area contributed by atoms with E-state index in [1.54, 1.807) is 11.0 Å². The van der Waals surface area contributed by atoms with E-state index in [1.807, 2.05) is 6.92 Å². The van der Waals surface area contributed by atoms with Gasteiger partial charge in [0.1, 0.15) is 12.7 Å². The predicted octanol–water partition coefficient (Wildman–Crippen LogP) is 0.299. The van der Waals surface area contributed by atoms with Crippen molar-refractivity contribution < 1.29 is 5.21 Å². The van der Waals surface area contributed by atoms with Gasteiger partial charge in [-0.3, -0.25) is 0 Å². The van der Waals surface area contributed by atoms with E-state index in [0.717, 1.165) is 0 Å². The average Bonchev–Trinajstić information content (AvgIpc) is 2.38. The molecular formula is C5H8N4O. The number of hydrogen-bond donors (Lipinski definition) is 1. The van der Waals surface area contributed by atoms with Gasteiger partial charge in [-0.1, -0.05) is 5.16 Å². The van der Waals surface area contributed by atoms with Crippen LogP contribution in [0.5, 0.6) is 0 Å². The van der Waals surface area contributed by atoms with Crippen LogP contribution in [0.2, 0.25) is 0 Å². The minimum absolute atomic E-state index is 0.0486. The van der Waals surface area contributed by atoms with Crippen molar-refractivity contribution in [2.24, 2.45) is 5.16 Å². The second-order valence-electron chi connectivity index (χ2n) is 1.88. The summed E-state index contributed by atoms with van der Waals surface area (Å²) in [4.78, 5) is 3.73. The Morgan fingerprint density at radius 3 is 3.10 bits per heavy atom. The molecule has 1 atom stereocenters. The Hall–Kier alpha value is -1.39. The average molecular weight is 140 g/mol. The zero-order valence-corrected chi connectivity index (χ0v) is 5.55. The lowest BCUT2D eigenvalue weighted by Gasteiger charge is -2.01. The second kappa shape index (κ2) is 2.95. The summed E-state index contributed by atoms with van der Waals surface area (Å²) in [5.41, 5.74) is 0. The molecule has 10 heavy (non-hydrogen) atoms. The summed E-state index contributed by atoms with van der Waals surface area (Å²) in [5.74, 6) is 0. The first kappa shape index (κ1) is 6.73. The molecule has 0 aliphatic heterocycles. The molecule has 1 aromatic heterocycles. The quantitative estimate of drug-likeness (QED) is 0.365. The third kappa shape index (κ3) is 1.31. The highest BCUT2D eigenvalue weighted by Crippen LogP contribution is 1.95. The summed E-state index contributed by atoms with van der Waals surface area (Å²) in [6.07, 6.45) is 4.36. The Bertz CT molecular complexity index is 205. The zero-order chi connectivity index (χ0) is 7.40. The van der Waals surface area contributed by atoms with Crippen molar-refractivity contribution in [1.29, 1.82) is 0 Å². The van der Waals surface area contributed by atoms with Gasteiger partial charge in [0.15, 0.2) is 0 Å². The van der Waals surface area contributed by atoms with Gasteiger partial charge >= 0.3 is 0 Å². The van der Waals surface area contributed by atoms with E-state index < -0.39 is 0 Å². The summed E-state index contributed by atoms with van der Waals surface area (Å²) in [5, 5.41) is 14.9. The second-order valence-corrected chi connectivity index (χ2v) is 1.88. The Balaban J connectivity index is 2.67. The highest BCUT2D eigenvalue weighted by Gasteiger charge is 1.98. The largest absolute Gasteiger partial charge is 0.411 e. The molecule has 0 bridgehead atoms. The number of aromatic nitrogens is 3. The molecule has 1 heterocycles. The maximum atomic E-state index is 8.14. The Labute approximate surface area is 58.0 Å². The molecule has 5 heteroatoms. The van der Waals surface area contributed by atoms with Crippen molar-refractivity contribution in [3.63, 3.8) is 0 Å². The van der Waals surface area contributed by atoms with E-state index in [1.165, 1.54) is 12.5 Å². The lowest BCUT2D eigenvalue weighted by atomic mass is 10.4. The van der Waals surface area contributed by atoms with Crippen LogP contribution in [0.1, 0.15) is 13.0 Å². The molecule has 1 unspecified atom stereocenters. The van der Waals surface area contributed by atoms with Gasteiger partial charge in [0.05, 0.1) is 12.3 Å². The van der Waals surface area contributed by atoms with Gasteiger partial charge in [0.25, 0.3) is 0 Å². The van der Waals surface area contributed by atoms with Crippen LogP contribution in [0.15, 0.2) is 17.8 Å². The SMILES string of the molecule is CC(/C=N/O)n1cncn1. The lowest BCUT2D eigenvalue weighted by Crippen LogP contribution is -2.06. The first-order chi connectivity index (χ1) is 4.84.